The van der Waals surface area contributed by atoms with Crippen molar-refractivity contribution in [1.82, 2.24) is 20.2 Å². The van der Waals surface area contributed by atoms with E-state index in [1.165, 1.54) is 25.1 Å². The van der Waals surface area contributed by atoms with Crippen LogP contribution in [0.5, 0.6) is 11.5 Å². The summed E-state index contributed by atoms with van der Waals surface area (Å²) in [6.45, 7) is 0. The van der Waals surface area contributed by atoms with E-state index in [0.717, 1.165) is 11.3 Å². The third-order valence-corrected chi connectivity index (χ3v) is 6.54. The summed E-state index contributed by atoms with van der Waals surface area (Å²) >= 11 is 10.5. The summed E-state index contributed by atoms with van der Waals surface area (Å²) < 4.78 is 7.46. The molecule has 3 aromatic carbocycles. The zero-order valence-electron chi connectivity index (χ0n) is 18.4. The molecule has 4 rings (SSSR count). The van der Waals surface area contributed by atoms with E-state index in [1.54, 1.807) is 24.3 Å². The maximum absolute atomic E-state index is 12.4. The lowest BCUT2D eigenvalue weighted by atomic mass is 10.2. The fraction of sp³-hybridized carbons (Fsp3) is 0.0833. The Balaban J connectivity index is 1.48. The van der Waals surface area contributed by atoms with Gasteiger partial charge in [-0.15, -0.1) is 10.2 Å². The van der Waals surface area contributed by atoms with E-state index < -0.39 is 0 Å². The fourth-order valence-corrected chi connectivity index (χ4v) is 4.45. The molecule has 4 aromatic rings. The van der Waals surface area contributed by atoms with Crippen LogP contribution in [-0.4, -0.2) is 44.9 Å². The molecule has 0 aliphatic carbocycles. The minimum atomic E-state index is -0.313. The minimum Gasteiger partial charge on any atom is -0.503 e. The summed E-state index contributed by atoms with van der Waals surface area (Å²) in [7, 11) is 1.45. The molecule has 0 aliphatic rings. The molecule has 2 N–H and O–H groups in total. The minimum absolute atomic E-state index is 0.00872. The highest BCUT2D eigenvalue weighted by Gasteiger charge is 2.17. The quantitative estimate of drug-likeness (QED) is 0.169. The van der Waals surface area contributed by atoms with Crippen LogP contribution in [0.1, 0.15) is 5.56 Å². The van der Waals surface area contributed by atoms with Gasteiger partial charge >= 0.3 is 0 Å². The first-order chi connectivity index (χ1) is 17.0. The molecule has 8 nitrogen and oxygen atoms in total. The van der Waals surface area contributed by atoms with Gasteiger partial charge in [0.15, 0.2) is 22.5 Å². The van der Waals surface area contributed by atoms with Crippen molar-refractivity contribution in [3.63, 3.8) is 0 Å². The number of benzene rings is 3. The predicted molar refractivity (Wildman–Crippen MR) is 141 cm³/mol. The normalized spacial score (nSPS) is 11.1. The van der Waals surface area contributed by atoms with Crippen LogP contribution in [-0.2, 0) is 4.79 Å². The number of para-hydroxylation sites is 1. The van der Waals surface area contributed by atoms with Crippen molar-refractivity contribution in [3.8, 4) is 28.6 Å². The van der Waals surface area contributed by atoms with Gasteiger partial charge in [-0.05, 0) is 70.0 Å². The summed E-state index contributed by atoms with van der Waals surface area (Å²) in [4.78, 5) is 12.4. The van der Waals surface area contributed by atoms with Crippen molar-refractivity contribution in [1.29, 1.82) is 0 Å². The number of phenols is 1. The van der Waals surface area contributed by atoms with E-state index in [4.69, 9.17) is 16.3 Å². The van der Waals surface area contributed by atoms with E-state index in [9.17, 15) is 9.90 Å². The molecule has 0 radical (unpaired) electrons. The number of hydrazone groups is 1. The molecule has 1 heterocycles. The Kier molecular flexibility index (Phi) is 8.06. The zero-order valence-corrected chi connectivity index (χ0v) is 21.5. The number of carbonyl (C=O) groups is 1. The average molecular weight is 573 g/mol. The van der Waals surface area contributed by atoms with Gasteiger partial charge in [0.25, 0.3) is 5.91 Å². The molecule has 0 saturated heterocycles. The van der Waals surface area contributed by atoms with Crippen LogP contribution in [0.4, 0.5) is 0 Å². The molecule has 0 unspecified atom stereocenters. The van der Waals surface area contributed by atoms with Crippen LogP contribution < -0.4 is 10.2 Å². The summed E-state index contributed by atoms with van der Waals surface area (Å²) in [5.74, 6) is 0.684. The van der Waals surface area contributed by atoms with E-state index in [0.29, 0.717) is 31.8 Å². The highest BCUT2D eigenvalue weighted by atomic mass is 79.9. The van der Waals surface area contributed by atoms with E-state index in [1.807, 2.05) is 47.0 Å². The number of nitrogens with one attached hydrogen (secondary N) is 1. The van der Waals surface area contributed by atoms with E-state index >= 15 is 0 Å². The highest BCUT2D eigenvalue weighted by Crippen LogP contribution is 2.34. The first kappa shape index (κ1) is 24.8. The summed E-state index contributed by atoms with van der Waals surface area (Å²) in [6.07, 6.45) is 1.46. The first-order valence-corrected chi connectivity index (χ1v) is 12.4. The third kappa shape index (κ3) is 6.02. The topological polar surface area (TPSA) is 102 Å². The van der Waals surface area contributed by atoms with Crippen molar-refractivity contribution < 1.29 is 14.6 Å². The van der Waals surface area contributed by atoms with Crippen molar-refractivity contribution in [2.45, 2.75) is 5.16 Å². The Hall–Kier alpha value is -3.34. The number of nitrogens with zero attached hydrogens (tertiary/aromatic N) is 4. The maximum atomic E-state index is 12.4. The van der Waals surface area contributed by atoms with Gasteiger partial charge in [0.1, 0.15) is 0 Å². The second-order valence-corrected chi connectivity index (χ2v) is 9.35. The molecular formula is C24H19BrClN5O3S. The molecule has 35 heavy (non-hydrogen) atoms. The highest BCUT2D eigenvalue weighted by molar-refractivity contribution is 9.10. The summed E-state index contributed by atoms with van der Waals surface area (Å²) in [5.41, 5.74) is 4.85. The van der Waals surface area contributed by atoms with Gasteiger partial charge in [-0.3, -0.25) is 9.36 Å². The van der Waals surface area contributed by atoms with Gasteiger partial charge in [-0.25, -0.2) is 5.43 Å². The number of aromatic hydroxyl groups is 1. The van der Waals surface area contributed by atoms with Crippen molar-refractivity contribution >= 4 is 51.4 Å². The van der Waals surface area contributed by atoms with Crippen LogP contribution in [0.15, 0.2) is 81.5 Å². The Morgan fingerprint density at radius 2 is 1.94 bits per heavy atom. The summed E-state index contributed by atoms with van der Waals surface area (Å²) in [6, 6.07) is 20.3. The fourth-order valence-electron chi connectivity index (χ4n) is 3.12. The number of phenolic OH excluding ortho intramolecular Hbond substituents is 1. The summed E-state index contributed by atoms with van der Waals surface area (Å²) in [5, 5.41) is 23.7. The number of thioether (sulfide) groups is 1. The Morgan fingerprint density at radius 1 is 1.20 bits per heavy atom. The Bertz CT molecular complexity index is 1360. The molecule has 1 aromatic heterocycles. The van der Waals surface area contributed by atoms with E-state index in [-0.39, 0.29) is 17.4 Å². The van der Waals surface area contributed by atoms with Crippen molar-refractivity contribution in [2.24, 2.45) is 5.10 Å². The number of halogens is 2. The van der Waals surface area contributed by atoms with Crippen LogP contribution in [0.2, 0.25) is 5.02 Å². The predicted octanol–water partition coefficient (Wildman–Crippen LogP) is 5.31. The van der Waals surface area contributed by atoms with Crippen molar-refractivity contribution in [2.75, 3.05) is 12.9 Å². The molecule has 1 amide bonds. The number of hydrogen-bond donors (Lipinski definition) is 2. The van der Waals surface area contributed by atoms with Gasteiger partial charge in [-0.2, -0.15) is 5.10 Å². The lowest BCUT2D eigenvalue weighted by Gasteiger charge is -2.10. The number of ether oxygens (including phenoxy) is 1. The van der Waals surface area contributed by atoms with Crippen LogP contribution in [0, 0.1) is 0 Å². The van der Waals surface area contributed by atoms with Gasteiger partial charge in [0.05, 0.1) is 23.5 Å². The molecular weight excluding hydrogens is 554 g/mol. The van der Waals surface area contributed by atoms with Gasteiger partial charge in [0, 0.05) is 16.3 Å². The van der Waals surface area contributed by atoms with Gasteiger partial charge < -0.3 is 9.84 Å². The molecule has 0 spiro atoms. The van der Waals surface area contributed by atoms with Crippen molar-refractivity contribution in [3.05, 3.63) is 81.8 Å². The standard InChI is InChI=1S/C24H19BrClN5O3S/c1-34-20-12-15(11-19(25)22(20)33)13-27-28-21(32)14-35-24-30-29-23(16-7-9-17(26)10-8-16)31(24)18-5-3-2-4-6-18/h2-13,33H,14H2,1H3,(H,28,32)/b27-13-. The SMILES string of the molecule is COc1cc(/C=N\NC(=O)CSc2nnc(-c3ccc(Cl)cc3)n2-c2ccccc2)cc(Br)c1O. The molecule has 0 aliphatic heterocycles. The van der Waals surface area contributed by atoms with Gasteiger partial charge in [-0.1, -0.05) is 41.6 Å². The Morgan fingerprint density at radius 3 is 2.66 bits per heavy atom. The lowest BCUT2D eigenvalue weighted by Crippen LogP contribution is -2.20. The lowest BCUT2D eigenvalue weighted by molar-refractivity contribution is -0.118. The number of methoxy groups -OCH3 is 1. The van der Waals surface area contributed by atoms with Crippen LogP contribution in [0.3, 0.4) is 0 Å². The number of rotatable bonds is 8. The van der Waals surface area contributed by atoms with Crippen LogP contribution >= 0.6 is 39.3 Å². The molecule has 0 bridgehead atoms. The maximum Gasteiger partial charge on any atom is 0.250 e. The molecule has 178 valence electrons. The van der Waals surface area contributed by atoms with E-state index in [2.05, 4.69) is 36.7 Å². The monoisotopic (exact) mass is 571 g/mol. The number of hydrogen-bond acceptors (Lipinski definition) is 7. The molecule has 0 fully saturated rings. The third-order valence-electron chi connectivity index (χ3n) is 4.76. The second kappa shape index (κ2) is 11.4. The first-order valence-electron chi connectivity index (χ1n) is 10.2. The number of carbonyl (C=O) groups excluding carboxylic acids is 1. The van der Waals surface area contributed by atoms with Gasteiger partial charge in [0.2, 0.25) is 0 Å². The molecule has 0 atom stereocenters. The van der Waals surface area contributed by atoms with Crippen LogP contribution in [0.25, 0.3) is 17.1 Å². The number of aromatic nitrogens is 3. The second-order valence-electron chi connectivity index (χ2n) is 7.12. The average Bonchev–Trinajstić information content (AvgIpc) is 3.29. The molecule has 11 heteroatoms. The smallest absolute Gasteiger partial charge is 0.250 e. The number of amides is 1. The zero-order chi connectivity index (χ0) is 24.8. The Labute approximate surface area is 219 Å². The largest absolute Gasteiger partial charge is 0.503 e. The molecule has 0 saturated carbocycles.